The Bertz CT molecular complexity index is 738. The van der Waals surface area contributed by atoms with Gasteiger partial charge >= 0.3 is 5.63 Å². The van der Waals surface area contributed by atoms with Crippen molar-refractivity contribution >= 4 is 16.9 Å². The molecule has 0 aliphatic carbocycles. The first-order valence-corrected chi connectivity index (χ1v) is 7.29. The van der Waals surface area contributed by atoms with E-state index in [4.69, 9.17) is 9.15 Å². The molecular weight excluding hydrogens is 282 g/mol. The van der Waals surface area contributed by atoms with Gasteiger partial charge in [0.05, 0.1) is 7.11 Å². The SMILES string of the molecule is COc1ccc2oc(=O)c(C(=O)N(C(C)C)C(C)C)cc2c1. The van der Waals surface area contributed by atoms with E-state index in [1.807, 2.05) is 27.7 Å². The molecule has 5 heteroatoms. The van der Waals surface area contributed by atoms with Crippen LogP contribution in [-0.4, -0.2) is 30.0 Å². The molecule has 2 rings (SSSR count). The van der Waals surface area contributed by atoms with Crippen LogP contribution < -0.4 is 10.4 Å². The van der Waals surface area contributed by atoms with Crippen LogP contribution in [0.1, 0.15) is 38.1 Å². The minimum Gasteiger partial charge on any atom is -0.497 e. The normalized spacial score (nSPS) is 11.2. The van der Waals surface area contributed by atoms with E-state index in [1.165, 1.54) is 0 Å². The number of carbonyl (C=O) groups excluding carboxylic acids is 1. The molecule has 0 atom stereocenters. The smallest absolute Gasteiger partial charge is 0.349 e. The van der Waals surface area contributed by atoms with Gasteiger partial charge < -0.3 is 14.1 Å². The van der Waals surface area contributed by atoms with Crippen molar-refractivity contribution in [3.05, 3.63) is 40.2 Å². The topological polar surface area (TPSA) is 59.8 Å². The summed E-state index contributed by atoms with van der Waals surface area (Å²) < 4.78 is 10.4. The van der Waals surface area contributed by atoms with Gasteiger partial charge in [-0.3, -0.25) is 4.79 Å². The van der Waals surface area contributed by atoms with Gasteiger partial charge in [0, 0.05) is 17.5 Å². The summed E-state index contributed by atoms with van der Waals surface area (Å²) >= 11 is 0. The van der Waals surface area contributed by atoms with Crippen LogP contribution in [0.5, 0.6) is 5.75 Å². The van der Waals surface area contributed by atoms with E-state index >= 15 is 0 Å². The van der Waals surface area contributed by atoms with Crippen molar-refractivity contribution in [1.29, 1.82) is 0 Å². The molecule has 0 saturated heterocycles. The molecular formula is C17H21NO4. The lowest BCUT2D eigenvalue weighted by Crippen LogP contribution is -2.43. The first-order chi connectivity index (χ1) is 10.3. The fourth-order valence-corrected chi connectivity index (χ4v) is 2.58. The van der Waals surface area contributed by atoms with Gasteiger partial charge in [0.15, 0.2) is 0 Å². The van der Waals surface area contributed by atoms with Crippen molar-refractivity contribution in [3.8, 4) is 5.75 Å². The van der Waals surface area contributed by atoms with E-state index in [0.29, 0.717) is 16.7 Å². The van der Waals surface area contributed by atoms with E-state index in [9.17, 15) is 9.59 Å². The molecule has 1 aromatic carbocycles. The average Bonchev–Trinajstić information content (AvgIpc) is 2.45. The molecule has 0 aliphatic heterocycles. The van der Waals surface area contributed by atoms with Gasteiger partial charge in [0.1, 0.15) is 16.9 Å². The Morgan fingerprint density at radius 2 is 1.77 bits per heavy atom. The third kappa shape index (κ3) is 2.98. The van der Waals surface area contributed by atoms with Crippen LogP contribution in [-0.2, 0) is 0 Å². The molecule has 2 aromatic rings. The van der Waals surface area contributed by atoms with Gasteiger partial charge in [0.25, 0.3) is 5.91 Å². The van der Waals surface area contributed by atoms with E-state index < -0.39 is 5.63 Å². The Morgan fingerprint density at radius 1 is 1.14 bits per heavy atom. The van der Waals surface area contributed by atoms with E-state index in [2.05, 4.69) is 0 Å². The number of methoxy groups -OCH3 is 1. The summed E-state index contributed by atoms with van der Waals surface area (Å²) in [4.78, 5) is 26.5. The Hall–Kier alpha value is -2.30. The molecule has 118 valence electrons. The molecule has 0 bridgehead atoms. The summed E-state index contributed by atoms with van der Waals surface area (Å²) in [5.74, 6) is 0.327. The van der Waals surface area contributed by atoms with Crippen LogP contribution in [0, 0.1) is 0 Å². The van der Waals surface area contributed by atoms with Crippen molar-refractivity contribution in [2.24, 2.45) is 0 Å². The molecule has 5 nitrogen and oxygen atoms in total. The third-order valence-corrected chi connectivity index (χ3v) is 3.52. The van der Waals surface area contributed by atoms with Crippen LogP contribution in [0.2, 0.25) is 0 Å². The minimum atomic E-state index is -0.617. The fraction of sp³-hybridized carbons (Fsp3) is 0.412. The van der Waals surface area contributed by atoms with Gasteiger partial charge in [-0.1, -0.05) is 0 Å². The molecule has 1 aromatic heterocycles. The van der Waals surface area contributed by atoms with Crippen LogP contribution in [0.3, 0.4) is 0 Å². The number of benzene rings is 1. The highest BCUT2D eigenvalue weighted by Gasteiger charge is 2.25. The number of rotatable bonds is 4. The molecule has 0 spiro atoms. The number of fused-ring (bicyclic) bond motifs is 1. The Balaban J connectivity index is 2.56. The minimum absolute atomic E-state index is 0.00657. The number of hydrogen-bond acceptors (Lipinski definition) is 4. The summed E-state index contributed by atoms with van der Waals surface area (Å²) in [6.45, 7) is 7.68. The van der Waals surface area contributed by atoms with Crippen LogP contribution in [0.15, 0.2) is 33.5 Å². The summed E-state index contributed by atoms with van der Waals surface area (Å²) in [6.07, 6.45) is 0. The van der Waals surface area contributed by atoms with Gasteiger partial charge in [0.2, 0.25) is 0 Å². The largest absolute Gasteiger partial charge is 0.497 e. The molecule has 0 saturated carbocycles. The Kier molecular flexibility index (Phi) is 4.54. The predicted octanol–water partition coefficient (Wildman–Crippen LogP) is 3.06. The van der Waals surface area contributed by atoms with Crippen molar-refractivity contribution in [2.75, 3.05) is 7.11 Å². The number of nitrogens with zero attached hydrogens (tertiary/aromatic N) is 1. The summed E-state index contributed by atoms with van der Waals surface area (Å²) in [6, 6.07) is 6.67. The lowest BCUT2D eigenvalue weighted by molar-refractivity contribution is 0.0639. The van der Waals surface area contributed by atoms with Gasteiger partial charge in [-0.05, 0) is 52.0 Å². The number of ether oxygens (including phenoxy) is 1. The second-order valence-electron chi connectivity index (χ2n) is 5.75. The van der Waals surface area contributed by atoms with Gasteiger partial charge in [-0.15, -0.1) is 0 Å². The maximum atomic E-state index is 12.7. The van der Waals surface area contributed by atoms with Gasteiger partial charge in [-0.25, -0.2) is 4.79 Å². The lowest BCUT2D eigenvalue weighted by atomic mass is 10.1. The van der Waals surface area contributed by atoms with Crippen LogP contribution >= 0.6 is 0 Å². The quantitative estimate of drug-likeness (QED) is 0.814. The first-order valence-electron chi connectivity index (χ1n) is 7.29. The molecule has 0 unspecified atom stereocenters. The maximum absolute atomic E-state index is 12.7. The van der Waals surface area contributed by atoms with Crippen molar-refractivity contribution in [2.45, 2.75) is 39.8 Å². The standard InChI is InChI=1S/C17H21NO4/c1-10(2)18(11(3)4)16(19)14-9-12-8-13(21-5)6-7-15(12)22-17(14)20/h6-11H,1-5H3. The van der Waals surface area contributed by atoms with Crippen LogP contribution in [0.25, 0.3) is 11.0 Å². The molecule has 1 amide bonds. The van der Waals surface area contributed by atoms with Crippen molar-refractivity contribution in [1.82, 2.24) is 4.90 Å². The number of amides is 1. The third-order valence-electron chi connectivity index (χ3n) is 3.52. The zero-order valence-corrected chi connectivity index (χ0v) is 13.5. The molecule has 22 heavy (non-hydrogen) atoms. The molecule has 0 N–H and O–H groups in total. The van der Waals surface area contributed by atoms with Crippen molar-refractivity contribution < 1.29 is 13.9 Å². The molecule has 0 fully saturated rings. The van der Waals surface area contributed by atoms with E-state index in [1.54, 1.807) is 36.3 Å². The first kappa shape index (κ1) is 16.1. The van der Waals surface area contributed by atoms with Crippen LogP contribution in [0.4, 0.5) is 0 Å². The zero-order chi connectivity index (χ0) is 16.4. The van der Waals surface area contributed by atoms with E-state index in [0.717, 1.165) is 0 Å². The van der Waals surface area contributed by atoms with E-state index in [-0.39, 0.29) is 23.6 Å². The number of hydrogen-bond donors (Lipinski definition) is 0. The average molecular weight is 303 g/mol. The highest BCUT2D eigenvalue weighted by Crippen LogP contribution is 2.21. The highest BCUT2D eigenvalue weighted by atomic mass is 16.5. The fourth-order valence-electron chi connectivity index (χ4n) is 2.58. The highest BCUT2D eigenvalue weighted by molar-refractivity contribution is 5.97. The second-order valence-corrected chi connectivity index (χ2v) is 5.75. The number of carbonyl (C=O) groups is 1. The van der Waals surface area contributed by atoms with Gasteiger partial charge in [-0.2, -0.15) is 0 Å². The van der Waals surface area contributed by atoms with Crippen molar-refractivity contribution in [3.63, 3.8) is 0 Å². The molecule has 1 heterocycles. The molecule has 0 radical (unpaired) electrons. The zero-order valence-electron chi connectivity index (χ0n) is 13.5. The molecule has 0 aliphatic rings. The summed E-state index contributed by atoms with van der Waals surface area (Å²) in [5, 5.41) is 0.662. The lowest BCUT2D eigenvalue weighted by Gasteiger charge is -2.30. The second kappa shape index (κ2) is 6.22. The maximum Gasteiger partial charge on any atom is 0.349 e. The Morgan fingerprint density at radius 3 is 2.32 bits per heavy atom. The Labute approximate surface area is 129 Å². The monoisotopic (exact) mass is 303 g/mol. The summed E-state index contributed by atoms with van der Waals surface area (Å²) in [5.41, 5.74) is -0.139. The predicted molar refractivity (Wildman–Crippen MR) is 85.5 cm³/mol. The summed E-state index contributed by atoms with van der Waals surface area (Å²) in [7, 11) is 1.56.